The maximum atomic E-state index is 12.6. The summed E-state index contributed by atoms with van der Waals surface area (Å²) < 4.78 is 5.05. The third-order valence-corrected chi connectivity index (χ3v) is 4.62. The largest absolute Gasteiger partial charge is 0.478 e. The number of amides is 2. The predicted octanol–water partition coefficient (Wildman–Crippen LogP) is 2.52. The molecule has 0 spiro atoms. The monoisotopic (exact) mass is 382 g/mol. The molecular weight excluding hydrogens is 360 g/mol. The molecule has 146 valence electrons. The molecule has 0 aromatic heterocycles. The van der Waals surface area contributed by atoms with Gasteiger partial charge in [0.15, 0.2) is 0 Å². The molecule has 3 rings (SSSR count). The molecule has 7 nitrogen and oxygen atoms in total. The van der Waals surface area contributed by atoms with E-state index in [1.54, 1.807) is 11.0 Å². The van der Waals surface area contributed by atoms with E-state index < -0.39 is 11.9 Å². The molecule has 2 amide bonds. The number of benzene rings is 2. The number of aromatic carboxylic acids is 1. The lowest BCUT2D eigenvalue weighted by molar-refractivity contribution is -0.128. The van der Waals surface area contributed by atoms with E-state index in [0.717, 1.165) is 5.56 Å². The van der Waals surface area contributed by atoms with Crippen LogP contribution in [0.5, 0.6) is 0 Å². The summed E-state index contributed by atoms with van der Waals surface area (Å²) in [7, 11) is 1.51. The first-order chi connectivity index (χ1) is 13.5. The number of carbonyl (C=O) groups excluding carboxylic acids is 2. The smallest absolute Gasteiger partial charge is 0.335 e. The Morgan fingerprint density at radius 1 is 1.18 bits per heavy atom. The zero-order valence-electron chi connectivity index (χ0n) is 15.6. The van der Waals surface area contributed by atoms with Crippen LogP contribution in [-0.2, 0) is 27.5 Å². The number of likely N-dealkylation sites (tertiary alicyclic amines) is 1. The molecule has 0 bridgehead atoms. The van der Waals surface area contributed by atoms with Crippen molar-refractivity contribution < 1.29 is 24.2 Å². The average molecular weight is 382 g/mol. The van der Waals surface area contributed by atoms with Crippen molar-refractivity contribution in [3.63, 3.8) is 0 Å². The van der Waals surface area contributed by atoms with Crippen molar-refractivity contribution in [3.8, 4) is 0 Å². The van der Waals surface area contributed by atoms with Crippen LogP contribution in [0.1, 0.15) is 27.9 Å². The molecule has 1 aliphatic heterocycles. The van der Waals surface area contributed by atoms with E-state index in [9.17, 15) is 19.5 Å². The lowest BCUT2D eigenvalue weighted by Crippen LogP contribution is -2.28. The topological polar surface area (TPSA) is 95.9 Å². The van der Waals surface area contributed by atoms with Crippen molar-refractivity contribution >= 4 is 23.5 Å². The number of anilines is 1. The van der Waals surface area contributed by atoms with Crippen molar-refractivity contribution in [1.82, 2.24) is 4.90 Å². The Morgan fingerprint density at radius 2 is 1.93 bits per heavy atom. The van der Waals surface area contributed by atoms with E-state index in [1.807, 2.05) is 30.3 Å². The first-order valence-electron chi connectivity index (χ1n) is 8.95. The van der Waals surface area contributed by atoms with Crippen molar-refractivity contribution in [3.05, 3.63) is 65.2 Å². The molecule has 7 heteroatoms. The number of nitrogens with one attached hydrogen (secondary N) is 1. The standard InChI is InChI=1S/C21H22N2O5/c1-28-13-15-7-16(21(26)27)9-18(8-15)22-20(25)17-10-19(24)23(12-17)11-14-5-3-2-4-6-14/h2-9,17H,10-13H2,1H3,(H,22,25)(H,26,27). The van der Waals surface area contributed by atoms with Crippen molar-refractivity contribution in [2.45, 2.75) is 19.6 Å². The SMILES string of the molecule is COCc1cc(NC(=O)C2CC(=O)N(Cc3ccccc3)C2)cc(C(=O)O)c1. The minimum absolute atomic E-state index is 0.0663. The fourth-order valence-electron chi connectivity index (χ4n) is 3.29. The molecule has 28 heavy (non-hydrogen) atoms. The maximum absolute atomic E-state index is 12.6. The molecule has 1 unspecified atom stereocenters. The molecule has 2 aromatic rings. The van der Waals surface area contributed by atoms with Crippen LogP contribution in [0.3, 0.4) is 0 Å². The summed E-state index contributed by atoms with van der Waals surface area (Å²) in [5.41, 5.74) is 2.10. The summed E-state index contributed by atoms with van der Waals surface area (Å²) in [4.78, 5) is 37.9. The van der Waals surface area contributed by atoms with Gasteiger partial charge in [-0.1, -0.05) is 30.3 Å². The van der Waals surface area contributed by atoms with Crippen LogP contribution in [0.2, 0.25) is 0 Å². The van der Waals surface area contributed by atoms with Crippen molar-refractivity contribution in [2.75, 3.05) is 19.0 Å². The van der Waals surface area contributed by atoms with E-state index in [1.165, 1.54) is 19.2 Å². The Labute approximate surface area is 162 Å². The highest BCUT2D eigenvalue weighted by Gasteiger charge is 2.34. The average Bonchev–Trinajstić information content (AvgIpc) is 3.03. The highest BCUT2D eigenvalue weighted by atomic mass is 16.5. The lowest BCUT2D eigenvalue weighted by Gasteiger charge is -2.17. The van der Waals surface area contributed by atoms with Gasteiger partial charge in [-0.25, -0.2) is 4.79 Å². The van der Waals surface area contributed by atoms with Gasteiger partial charge in [0.05, 0.1) is 18.1 Å². The number of carboxylic acid groups (broad SMARTS) is 1. The Balaban J connectivity index is 1.68. The van der Waals surface area contributed by atoms with Gasteiger partial charge in [-0.3, -0.25) is 9.59 Å². The van der Waals surface area contributed by atoms with Crippen LogP contribution in [0.4, 0.5) is 5.69 Å². The zero-order chi connectivity index (χ0) is 20.1. The molecular formula is C21H22N2O5. The number of rotatable bonds is 7. The highest BCUT2D eigenvalue weighted by molar-refractivity contribution is 5.98. The van der Waals surface area contributed by atoms with Gasteiger partial charge < -0.3 is 20.1 Å². The van der Waals surface area contributed by atoms with Gasteiger partial charge in [0.2, 0.25) is 11.8 Å². The summed E-state index contributed by atoms with van der Waals surface area (Å²) in [6.45, 7) is 1.04. The van der Waals surface area contributed by atoms with E-state index in [-0.39, 0.29) is 30.4 Å². The quantitative estimate of drug-likeness (QED) is 0.767. The fourth-order valence-corrected chi connectivity index (χ4v) is 3.29. The van der Waals surface area contributed by atoms with Gasteiger partial charge >= 0.3 is 5.97 Å². The second kappa shape index (κ2) is 8.67. The first kappa shape index (κ1) is 19.6. The van der Waals surface area contributed by atoms with Gasteiger partial charge in [0, 0.05) is 32.3 Å². The minimum atomic E-state index is -1.08. The van der Waals surface area contributed by atoms with Crippen LogP contribution < -0.4 is 5.32 Å². The molecule has 1 saturated heterocycles. The zero-order valence-corrected chi connectivity index (χ0v) is 15.6. The van der Waals surface area contributed by atoms with Gasteiger partial charge in [-0.05, 0) is 29.3 Å². The number of hydrogen-bond acceptors (Lipinski definition) is 4. The predicted molar refractivity (Wildman–Crippen MR) is 103 cm³/mol. The Kier molecular flexibility index (Phi) is 6.06. The summed E-state index contributed by atoms with van der Waals surface area (Å²) >= 11 is 0. The maximum Gasteiger partial charge on any atom is 0.335 e. The Morgan fingerprint density at radius 3 is 2.61 bits per heavy atom. The van der Waals surface area contributed by atoms with E-state index in [2.05, 4.69) is 5.32 Å². The van der Waals surface area contributed by atoms with Crippen LogP contribution in [0.15, 0.2) is 48.5 Å². The van der Waals surface area contributed by atoms with Crippen LogP contribution in [-0.4, -0.2) is 41.4 Å². The lowest BCUT2D eigenvalue weighted by atomic mass is 10.1. The third-order valence-electron chi connectivity index (χ3n) is 4.62. The Bertz CT molecular complexity index is 882. The van der Waals surface area contributed by atoms with Crippen molar-refractivity contribution in [1.29, 1.82) is 0 Å². The number of carboxylic acids is 1. The molecule has 2 aromatic carbocycles. The molecule has 1 heterocycles. The Hall–Kier alpha value is -3.19. The summed E-state index contributed by atoms with van der Waals surface area (Å²) in [5, 5.41) is 12.0. The minimum Gasteiger partial charge on any atom is -0.478 e. The van der Waals surface area contributed by atoms with E-state index in [0.29, 0.717) is 24.3 Å². The molecule has 1 fully saturated rings. The molecule has 2 N–H and O–H groups in total. The fraction of sp³-hybridized carbons (Fsp3) is 0.286. The van der Waals surface area contributed by atoms with Crippen LogP contribution in [0.25, 0.3) is 0 Å². The molecule has 0 radical (unpaired) electrons. The van der Waals surface area contributed by atoms with Crippen LogP contribution >= 0.6 is 0 Å². The molecule has 1 aliphatic rings. The first-order valence-corrected chi connectivity index (χ1v) is 8.95. The molecule has 0 aliphatic carbocycles. The van der Waals surface area contributed by atoms with Gasteiger partial charge in [0.25, 0.3) is 0 Å². The number of carbonyl (C=O) groups is 3. The number of hydrogen-bond donors (Lipinski definition) is 2. The van der Waals surface area contributed by atoms with Crippen LogP contribution in [0, 0.1) is 5.92 Å². The molecule has 1 atom stereocenters. The number of nitrogens with zero attached hydrogens (tertiary/aromatic N) is 1. The number of ether oxygens (including phenoxy) is 1. The van der Waals surface area contributed by atoms with E-state index >= 15 is 0 Å². The summed E-state index contributed by atoms with van der Waals surface area (Å²) in [6, 6.07) is 14.2. The summed E-state index contributed by atoms with van der Waals surface area (Å²) in [5.74, 6) is -1.92. The second-order valence-electron chi connectivity index (χ2n) is 6.81. The van der Waals surface area contributed by atoms with Gasteiger partial charge in [-0.2, -0.15) is 0 Å². The number of methoxy groups -OCH3 is 1. The molecule has 0 saturated carbocycles. The van der Waals surface area contributed by atoms with Gasteiger partial charge in [0.1, 0.15) is 0 Å². The highest BCUT2D eigenvalue weighted by Crippen LogP contribution is 2.23. The van der Waals surface area contributed by atoms with E-state index in [4.69, 9.17) is 4.74 Å². The second-order valence-corrected chi connectivity index (χ2v) is 6.81. The third kappa shape index (κ3) is 4.75. The van der Waals surface area contributed by atoms with Gasteiger partial charge in [-0.15, -0.1) is 0 Å². The normalized spacial score (nSPS) is 16.2. The van der Waals surface area contributed by atoms with Crippen molar-refractivity contribution in [2.24, 2.45) is 5.92 Å². The summed E-state index contributed by atoms with van der Waals surface area (Å²) in [6.07, 6.45) is 0.141.